The molecule has 1 amide bonds. The predicted molar refractivity (Wildman–Crippen MR) is 156 cm³/mol. The number of hydrogen-bond acceptors (Lipinski definition) is 3. The maximum atomic E-state index is 13.8. The zero-order valence-corrected chi connectivity index (χ0v) is 23.7. The molecule has 202 valence electrons. The number of amides is 1. The van der Waals surface area contributed by atoms with E-state index in [0.717, 1.165) is 61.2 Å². The van der Waals surface area contributed by atoms with Crippen LogP contribution in [0.2, 0.25) is 0 Å². The van der Waals surface area contributed by atoms with E-state index in [1.54, 1.807) is 11.1 Å². The van der Waals surface area contributed by atoms with E-state index in [9.17, 15) is 4.79 Å². The highest BCUT2D eigenvalue weighted by Gasteiger charge is 2.31. The summed E-state index contributed by atoms with van der Waals surface area (Å²) in [6.45, 7) is 12.8. The van der Waals surface area contributed by atoms with Gasteiger partial charge < -0.3 is 14.9 Å². The summed E-state index contributed by atoms with van der Waals surface area (Å²) in [6.07, 6.45) is 7.01. The number of likely N-dealkylation sites (tertiary alicyclic amines) is 1. The molecule has 4 heteroatoms. The Morgan fingerprint density at radius 1 is 1.11 bits per heavy atom. The summed E-state index contributed by atoms with van der Waals surface area (Å²) in [5.74, 6) is 5.82. The van der Waals surface area contributed by atoms with Crippen molar-refractivity contribution in [2.75, 3.05) is 26.2 Å². The topological polar surface area (TPSA) is 43.8 Å². The van der Waals surface area contributed by atoms with Crippen LogP contribution in [0.4, 0.5) is 0 Å². The molecule has 2 aromatic rings. The molecular weight excluding hydrogens is 468 g/mol. The van der Waals surface area contributed by atoms with E-state index < -0.39 is 0 Å². The number of hydrogen-bond donors (Lipinski definition) is 1. The summed E-state index contributed by atoms with van der Waals surface area (Å²) in [7, 11) is 0. The molecule has 1 N–H and O–H groups in total. The summed E-state index contributed by atoms with van der Waals surface area (Å²) in [6, 6.07) is 16.2. The van der Waals surface area contributed by atoms with Gasteiger partial charge in [-0.3, -0.25) is 4.79 Å². The largest absolute Gasteiger partial charge is 0.384 e. The molecule has 0 saturated carbocycles. The standard InChI is InChI=1S/C34H44N2O2/c1-26-12-14-30(15-13-26)33(38)36(25-29-10-5-9-28(24-29)11-7-23-37)31-16-20-35(21-17-31)22-18-32-27(2)8-6-19-34(32,3)4/h5,9-10,12-15,24,31,37H,6,8,16-23,25H2,1-4H3. The Kier molecular flexibility index (Phi) is 9.47. The van der Waals surface area contributed by atoms with Gasteiger partial charge in [-0.1, -0.05) is 66.7 Å². The Bertz CT molecular complexity index is 1190. The third-order valence-electron chi connectivity index (χ3n) is 8.51. The lowest BCUT2D eigenvalue weighted by Gasteiger charge is -2.40. The molecule has 1 saturated heterocycles. The maximum Gasteiger partial charge on any atom is 0.254 e. The Labute approximate surface area is 229 Å². The molecule has 0 bridgehead atoms. The zero-order chi connectivity index (χ0) is 27.1. The van der Waals surface area contributed by atoms with Crippen LogP contribution >= 0.6 is 0 Å². The fourth-order valence-corrected chi connectivity index (χ4v) is 6.27. The second-order valence-corrected chi connectivity index (χ2v) is 11.8. The van der Waals surface area contributed by atoms with Crippen molar-refractivity contribution in [2.24, 2.45) is 5.41 Å². The maximum absolute atomic E-state index is 13.8. The molecule has 0 unspecified atom stereocenters. The van der Waals surface area contributed by atoms with Gasteiger partial charge >= 0.3 is 0 Å². The average Bonchev–Trinajstić information content (AvgIpc) is 2.91. The first kappa shape index (κ1) is 28.1. The van der Waals surface area contributed by atoms with E-state index in [1.165, 1.54) is 19.3 Å². The number of piperidine rings is 1. The minimum Gasteiger partial charge on any atom is -0.384 e. The van der Waals surface area contributed by atoms with Gasteiger partial charge in [-0.2, -0.15) is 0 Å². The van der Waals surface area contributed by atoms with Gasteiger partial charge in [0.25, 0.3) is 5.91 Å². The minimum atomic E-state index is -0.158. The SMILES string of the molecule is CC1=C(CCN2CCC(N(Cc3cccc(C#CCO)c3)C(=O)c3ccc(C)cc3)CC2)C(C)(C)CCC1. The number of aryl methyl sites for hydroxylation is 1. The molecule has 1 heterocycles. The third-order valence-corrected chi connectivity index (χ3v) is 8.51. The second-order valence-electron chi connectivity index (χ2n) is 11.8. The number of rotatable bonds is 7. The molecule has 1 fully saturated rings. The smallest absolute Gasteiger partial charge is 0.254 e. The Balaban J connectivity index is 1.46. The van der Waals surface area contributed by atoms with Gasteiger partial charge in [0.2, 0.25) is 0 Å². The van der Waals surface area contributed by atoms with Crippen molar-refractivity contribution >= 4 is 5.91 Å². The van der Waals surface area contributed by atoms with Crippen LogP contribution in [0.15, 0.2) is 59.7 Å². The van der Waals surface area contributed by atoms with Gasteiger partial charge in [-0.05, 0) is 87.6 Å². The summed E-state index contributed by atoms with van der Waals surface area (Å²) in [4.78, 5) is 18.5. The van der Waals surface area contributed by atoms with E-state index in [1.807, 2.05) is 49.4 Å². The minimum absolute atomic E-state index is 0.0973. The number of carbonyl (C=O) groups excluding carboxylic acids is 1. The van der Waals surface area contributed by atoms with Crippen LogP contribution in [-0.4, -0.2) is 53.1 Å². The Morgan fingerprint density at radius 3 is 2.53 bits per heavy atom. The van der Waals surface area contributed by atoms with E-state index in [0.29, 0.717) is 12.0 Å². The quantitative estimate of drug-likeness (QED) is 0.347. The molecule has 1 aliphatic carbocycles. The number of aliphatic hydroxyl groups excluding tert-OH is 1. The molecule has 1 aliphatic heterocycles. The van der Waals surface area contributed by atoms with Gasteiger partial charge in [0, 0.05) is 43.3 Å². The van der Waals surface area contributed by atoms with Crippen LogP contribution in [0.3, 0.4) is 0 Å². The highest BCUT2D eigenvalue weighted by molar-refractivity contribution is 5.94. The number of benzene rings is 2. The molecule has 38 heavy (non-hydrogen) atoms. The lowest BCUT2D eigenvalue weighted by Crippen LogP contribution is -2.47. The van der Waals surface area contributed by atoms with Crippen LogP contribution in [0.25, 0.3) is 0 Å². The second kappa shape index (κ2) is 12.8. The summed E-state index contributed by atoms with van der Waals surface area (Å²) >= 11 is 0. The summed E-state index contributed by atoms with van der Waals surface area (Å²) < 4.78 is 0. The zero-order valence-electron chi connectivity index (χ0n) is 23.7. The van der Waals surface area contributed by atoms with Gasteiger partial charge in [0.05, 0.1) is 0 Å². The van der Waals surface area contributed by atoms with Crippen molar-refractivity contribution < 1.29 is 9.90 Å². The number of aliphatic hydroxyl groups is 1. The van der Waals surface area contributed by atoms with Gasteiger partial charge in [-0.25, -0.2) is 0 Å². The van der Waals surface area contributed by atoms with E-state index >= 15 is 0 Å². The van der Waals surface area contributed by atoms with Crippen LogP contribution in [0, 0.1) is 24.2 Å². The van der Waals surface area contributed by atoms with Crippen molar-refractivity contribution in [1.29, 1.82) is 0 Å². The number of carbonyl (C=O) groups is 1. The van der Waals surface area contributed by atoms with Crippen LogP contribution in [-0.2, 0) is 6.54 Å². The van der Waals surface area contributed by atoms with Gasteiger partial charge in [0.15, 0.2) is 0 Å². The average molecular weight is 513 g/mol. The van der Waals surface area contributed by atoms with Crippen molar-refractivity contribution in [3.63, 3.8) is 0 Å². The monoisotopic (exact) mass is 512 g/mol. The first-order valence-corrected chi connectivity index (χ1v) is 14.2. The number of allylic oxidation sites excluding steroid dienone is 1. The van der Waals surface area contributed by atoms with Crippen molar-refractivity contribution in [3.8, 4) is 11.8 Å². The van der Waals surface area contributed by atoms with Gasteiger partial charge in [-0.15, -0.1) is 0 Å². The van der Waals surface area contributed by atoms with Crippen LogP contribution in [0.5, 0.6) is 0 Å². The summed E-state index contributed by atoms with van der Waals surface area (Å²) in [5, 5.41) is 9.07. The molecule has 2 aromatic carbocycles. The van der Waals surface area contributed by atoms with E-state index in [2.05, 4.69) is 48.5 Å². The molecule has 0 spiro atoms. The molecular formula is C34H44N2O2. The predicted octanol–water partition coefficient (Wildman–Crippen LogP) is 6.36. The molecule has 0 atom stereocenters. The lowest BCUT2D eigenvalue weighted by atomic mass is 9.71. The van der Waals surface area contributed by atoms with Crippen molar-refractivity contribution in [1.82, 2.24) is 9.80 Å². The highest BCUT2D eigenvalue weighted by atomic mass is 16.2. The molecule has 0 radical (unpaired) electrons. The first-order chi connectivity index (χ1) is 18.3. The highest BCUT2D eigenvalue weighted by Crippen LogP contribution is 2.41. The summed E-state index contributed by atoms with van der Waals surface area (Å²) in [5.41, 5.74) is 7.44. The molecule has 0 aromatic heterocycles. The van der Waals surface area contributed by atoms with Gasteiger partial charge in [0.1, 0.15) is 6.61 Å². The normalized spacial score (nSPS) is 18.1. The van der Waals surface area contributed by atoms with Crippen molar-refractivity contribution in [2.45, 2.75) is 78.8 Å². The molecule has 2 aliphatic rings. The lowest BCUT2D eigenvalue weighted by molar-refractivity contribution is 0.0549. The van der Waals surface area contributed by atoms with Crippen LogP contribution in [0.1, 0.15) is 86.3 Å². The first-order valence-electron chi connectivity index (χ1n) is 14.2. The Morgan fingerprint density at radius 2 is 1.84 bits per heavy atom. The van der Waals surface area contributed by atoms with Crippen LogP contribution < -0.4 is 0 Å². The number of nitrogens with zero attached hydrogens (tertiary/aromatic N) is 2. The van der Waals surface area contributed by atoms with Crippen molar-refractivity contribution in [3.05, 3.63) is 81.9 Å². The molecule has 4 rings (SSSR count). The molecule has 4 nitrogen and oxygen atoms in total. The fraction of sp³-hybridized carbons (Fsp3) is 0.500. The van der Waals surface area contributed by atoms with E-state index in [-0.39, 0.29) is 18.6 Å². The Hall–Kier alpha value is -2.87. The van der Waals surface area contributed by atoms with E-state index in [4.69, 9.17) is 5.11 Å². The third kappa shape index (κ3) is 7.16. The fourth-order valence-electron chi connectivity index (χ4n) is 6.27.